The number of halogens is 2. The zero-order valence-electron chi connectivity index (χ0n) is 29.7. The number of likely N-dealkylation sites (tertiary alicyclic amines) is 2. The molecule has 21 heteroatoms. The molecule has 4 amide bonds. The summed E-state index contributed by atoms with van der Waals surface area (Å²) < 4.78 is 0. The molecule has 0 radical (unpaired) electrons. The Morgan fingerprint density at radius 2 is 1.13 bits per heavy atom. The van der Waals surface area contributed by atoms with Crippen LogP contribution in [0, 0.1) is 11.8 Å². The summed E-state index contributed by atoms with van der Waals surface area (Å²) in [5.74, 6) is -1.01. The number of carbonyl (C=O) groups excluding carboxylic acids is 4. The Hall–Kier alpha value is -4.75. The molecule has 5 aliphatic rings. The van der Waals surface area contributed by atoms with Crippen molar-refractivity contribution in [1.82, 2.24) is 51.0 Å². The van der Waals surface area contributed by atoms with Crippen molar-refractivity contribution in [3.05, 3.63) is 21.7 Å². The normalized spacial score (nSPS) is 24.6. The maximum atomic E-state index is 13.6. The van der Waals surface area contributed by atoms with Gasteiger partial charge in [-0.05, 0) is 64.2 Å². The van der Waals surface area contributed by atoms with Gasteiger partial charge in [-0.25, -0.2) is 19.9 Å². The van der Waals surface area contributed by atoms with Gasteiger partial charge in [-0.1, -0.05) is 23.2 Å². The second-order valence-electron chi connectivity index (χ2n) is 15.0. The first kappa shape index (κ1) is 37.6. The Morgan fingerprint density at radius 3 is 1.65 bits per heavy atom. The lowest BCUT2D eigenvalue weighted by Crippen LogP contribution is -2.57. The first-order valence-corrected chi connectivity index (χ1v) is 19.0. The summed E-state index contributed by atoms with van der Waals surface area (Å²) in [6.07, 6.45) is 6.95. The number of rotatable bonds is 5. The minimum absolute atomic E-state index is 0.0378. The quantitative estimate of drug-likeness (QED) is 0.202. The lowest BCUT2D eigenvalue weighted by molar-refractivity contribution is -0.143. The molecule has 3 saturated heterocycles. The van der Waals surface area contributed by atoms with E-state index in [0.29, 0.717) is 77.2 Å². The molecule has 1 unspecified atom stereocenters. The third-order valence-corrected chi connectivity index (χ3v) is 12.1. The van der Waals surface area contributed by atoms with Crippen LogP contribution in [0.4, 0.5) is 23.3 Å². The highest BCUT2D eigenvalue weighted by Crippen LogP contribution is 2.37. The van der Waals surface area contributed by atoms with Crippen molar-refractivity contribution in [2.24, 2.45) is 16.8 Å². The van der Waals surface area contributed by atoms with Crippen LogP contribution in [0.1, 0.15) is 85.2 Å². The Balaban J connectivity index is 0.821. The number of aromatic nitrogens is 4. The number of hydrogen-bond acceptors (Lipinski definition) is 15. The summed E-state index contributed by atoms with van der Waals surface area (Å²) in [6, 6.07) is 0. The zero-order chi connectivity index (χ0) is 38.4. The maximum Gasteiger partial charge on any atom is 0.280 e. The van der Waals surface area contributed by atoms with Gasteiger partial charge in [0.05, 0.1) is 18.2 Å². The van der Waals surface area contributed by atoms with E-state index in [-0.39, 0.29) is 85.9 Å². The van der Waals surface area contributed by atoms with Crippen molar-refractivity contribution in [2.75, 3.05) is 55.7 Å². The summed E-state index contributed by atoms with van der Waals surface area (Å²) >= 11 is 11.9. The third-order valence-electron chi connectivity index (χ3n) is 11.6. The number of carbonyl (C=O) groups is 4. The van der Waals surface area contributed by atoms with E-state index in [1.54, 1.807) is 0 Å². The topological polar surface area (TPSA) is 291 Å². The van der Waals surface area contributed by atoms with Gasteiger partial charge in [0.2, 0.25) is 11.8 Å². The van der Waals surface area contributed by atoms with E-state index < -0.39 is 11.8 Å². The molecule has 0 aromatic carbocycles. The molecule has 290 valence electrons. The van der Waals surface area contributed by atoms with Crippen molar-refractivity contribution in [1.29, 1.82) is 0 Å². The highest BCUT2D eigenvalue weighted by molar-refractivity contribution is 6.32. The molecular formula is C33H45Cl2N15O4. The molecule has 54 heavy (non-hydrogen) atoms. The molecule has 4 fully saturated rings. The van der Waals surface area contributed by atoms with Crippen LogP contribution in [0.3, 0.4) is 0 Å². The summed E-state index contributed by atoms with van der Waals surface area (Å²) in [5, 5.41) is 12.3. The van der Waals surface area contributed by atoms with E-state index in [9.17, 15) is 19.2 Å². The van der Waals surface area contributed by atoms with Crippen molar-refractivity contribution in [3.63, 3.8) is 0 Å². The van der Waals surface area contributed by atoms with Gasteiger partial charge in [0, 0.05) is 43.6 Å². The van der Waals surface area contributed by atoms with E-state index in [2.05, 4.69) is 46.2 Å². The molecule has 2 spiro atoms. The van der Waals surface area contributed by atoms with Crippen LogP contribution in [0.5, 0.6) is 0 Å². The van der Waals surface area contributed by atoms with Crippen LogP contribution >= 0.6 is 23.2 Å². The predicted molar refractivity (Wildman–Crippen MR) is 201 cm³/mol. The number of anilines is 4. The Morgan fingerprint density at radius 1 is 0.648 bits per heavy atom. The minimum atomic E-state index is -0.608. The van der Waals surface area contributed by atoms with Crippen LogP contribution in [-0.2, 0) is 9.59 Å². The highest BCUT2D eigenvalue weighted by atomic mass is 35.5. The molecule has 2 aromatic rings. The molecule has 12 N–H and O–H groups in total. The van der Waals surface area contributed by atoms with Gasteiger partial charge in [0.25, 0.3) is 11.8 Å². The lowest BCUT2D eigenvalue weighted by Gasteiger charge is -2.42. The molecule has 0 bridgehead atoms. The standard InChI is InChI=1S/C33H45Cl2N15O4/c34-21-25(38)44-23(36)19(42-21)27(51)41-18-5-6-32(47-18)7-11-49(12-8-32)29(53)16-1-3-17(4-2-16)30(54)50-13-9-33(10-14-50)15-40-31(48-33)46-28(52)20-24(37)45-26(39)22(35)43-20/h16-18,47H,1-15H2,(H,41,51)(H4,36,38,44)(H4,37,39,45)(H2,40,46,48,52). The number of guanidine groups is 1. The number of amides is 4. The van der Waals surface area contributed by atoms with Crippen molar-refractivity contribution < 1.29 is 19.2 Å². The SMILES string of the molecule is Nc1nc(N)c(C(=O)NC2=NCC3(CCN(C(=O)C4CCC(C(=O)N5CCC6(CCC(NC(=O)c7nc(Cl)c(N)nc7N)N6)CC5)CC4)CC3)N2)nc1Cl. The van der Waals surface area contributed by atoms with Gasteiger partial charge in [0.15, 0.2) is 50.9 Å². The molecule has 1 aliphatic carbocycles. The maximum absolute atomic E-state index is 13.6. The monoisotopic (exact) mass is 785 g/mol. The molecule has 1 saturated carbocycles. The Kier molecular flexibility index (Phi) is 10.3. The van der Waals surface area contributed by atoms with Crippen LogP contribution < -0.4 is 44.2 Å². The molecule has 19 nitrogen and oxygen atoms in total. The zero-order valence-corrected chi connectivity index (χ0v) is 31.2. The van der Waals surface area contributed by atoms with Gasteiger partial charge >= 0.3 is 0 Å². The van der Waals surface area contributed by atoms with Gasteiger partial charge in [0.1, 0.15) is 0 Å². The molecule has 4 aliphatic heterocycles. The van der Waals surface area contributed by atoms with Crippen molar-refractivity contribution in [3.8, 4) is 0 Å². The summed E-state index contributed by atoms with van der Waals surface area (Å²) in [7, 11) is 0. The average molecular weight is 787 g/mol. The van der Waals surface area contributed by atoms with Crippen LogP contribution in [0.2, 0.25) is 10.3 Å². The van der Waals surface area contributed by atoms with Gasteiger partial charge in [-0.15, -0.1) is 0 Å². The van der Waals surface area contributed by atoms with Crippen LogP contribution in [0.15, 0.2) is 4.99 Å². The largest absolute Gasteiger partial charge is 0.382 e. The fraction of sp³-hybridized carbons (Fsp3) is 0.606. The van der Waals surface area contributed by atoms with Crippen LogP contribution in [0.25, 0.3) is 0 Å². The summed E-state index contributed by atoms with van der Waals surface area (Å²) in [6.45, 7) is 2.86. The van der Waals surface area contributed by atoms with Gasteiger partial charge in [-0.3, -0.25) is 34.8 Å². The van der Waals surface area contributed by atoms with Gasteiger partial charge in [-0.2, -0.15) is 0 Å². The number of nitrogen functional groups attached to an aromatic ring is 4. The lowest BCUT2D eigenvalue weighted by atomic mass is 9.79. The fourth-order valence-electron chi connectivity index (χ4n) is 8.38. The molecule has 6 heterocycles. The van der Waals surface area contributed by atoms with Crippen molar-refractivity contribution in [2.45, 2.75) is 81.5 Å². The molecule has 7 rings (SSSR count). The average Bonchev–Trinajstić information content (AvgIpc) is 3.73. The smallest absolute Gasteiger partial charge is 0.280 e. The number of nitrogens with zero attached hydrogens (tertiary/aromatic N) is 7. The van der Waals surface area contributed by atoms with Crippen molar-refractivity contribution >= 4 is 76.1 Å². The van der Waals surface area contributed by atoms with E-state index >= 15 is 0 Å². The molecule has 1 atom stereocenters. The van der Waals surface area contributed by atoms with E-state index in [4.69, 9.17) is 46.1 Å². The second-order valence-corrected chi connectivity index (χ2v) is 15.7. The molecule has 2 aromatic heterocycles. The number of nitrogens with one attached hydrogen (secondary N) is 4. The minimum Gasteiger partial charge on any atom is -0.382 e. The fourth-order valence-corrected chi connectivity index (χ4v) is 8.63. The Bertz CT molecular complexity index is 1830. The summed E-state index contributed by atoms with van der Waals surface area (Å²) in [4.78, 5) is 76.8. The van der Waals surface area contributed by atoms with Gasteiger partial charge < -0.3 is 43.4 Å². The van der Waals surface area contributed by atoms with E-state index in [1.165, 1.54) is 0 Å². The van der Waals surface area contributed by atoms with E-state index in [1.807, 2.05) is 9.80 Å². The Labute approximate surface area is 321 Å². The number of piperidine rings is 2. The highest BCUT2D eigenvalue weighted by Gasteiger charge is 2.45. The number of hydrogen-bond donors (Lipinski definition) is 8. The summed E-state index contributed by atoms with van der Waals surface area (Å²) in [5.41, 5.74) is 22.1. The second kappa shape index (κ2) is 14.8. The van der Waals surface area contributed by atoms with Crippen LogP contribution in [-0.4, -0.2) is 109 Å². The first-order valence-electron chi connectivity index (χ1n) is 18.2. The molecular weight excluding hydrogens is 741 g/mol. The third kappa shape index (κ3) is 7.61. The predicted octanol–water partition coefficient (Wildman–Crippen LogP) is 0.260. The first-order chi connectivity index (χ1) is 25.7. The van der Waals surface area contributed by atoms with E-state index in [0.717, 1.165) is 25.7 Å². The number of nitrogens with two attached hydrogens (primary N) is 4. The number of aliphatic imine (C=N–C) groups is 1.